The highest BCUT2D eigenvalue weighted by Crippen LogP contribution is 2.42. The van der Waals surface area contributed by atoms with Gasteiger partial charge in [-0.05, 0) is 48.1 Å². The molecule has 4 atom stereocenters. The third-order valence-corrected chi connectivity index (χ3v) is 4.75. The molecule has 6 bridgehead atoms. The quantitative estimate of drug-likeness (QED) is 0.580. The summed E-state index contributed by atoms with van der Waals surface area (Å²) in [7, 11) is 0. The van der Waals surface area contributed by atoms with Gasteiger partial charge in [-0.25, -0.2) is 0 Å². The molecule has 86 valence electrons. The van der Waals surface area contributed by atoms with Gasteiger partial charge in [0.15, 0.2) is 0 Å². The lowest BCUT2D eigenvalue weighted by Gasteiger charge is -2.21. The zero-order valence-corrected chi connectivity index (χ0v) is 10.0. The van der Waals surface area contributed by atoms with E-state index in [2.05, 4.69) is 48.6 Å². The highest BCUT2D eigenvalue weighted by Gasteiger charge is 2.31. The lowest BCUT2D eigenvalue weighted by molar-refractivity contribution is 0.404. The van der Waals surface area contributed by atoms with Crippen LogP contribution in [-0.2, 0) is 6.42 Å². The third-order valence-electron chi connectivity index (χ3n) is 4.75. The first-order valence-corrected chi connectivity index (χ1v) is 6.84. The van der Waals surface area contributed by atoms with Crippen LogP contribution >= 0.6 is 0 Å². The second-order valence-corrected chi connectivity index (χ2v) is 5.88. The van der Waals surface area contributed by atoms with Gasteiger partial charge in [0.25, 0.3) is 0 Å². The second-order valence-electron chi connectivity index (χ2n) is 5.88. The normalized spacial score (nSPS) is 37.4. The molecule has 0 saturated carbocycles. The SMILES string of the molecule is C1=C[C@@H]2C[C@H]1Cc1cccc(c1)[C@@H]1C=C[C@H]2C1. The standard InChI is InChI=1S/C17H18/c1-2-12-8-13-4-5-15(10-13)17-7-6-16(11-17)14(3-1)9-12/h1-7,9,13,15-17H,8,10-11H2/t13-,15-,16-,17+/m1/s1. The summed E-state index contributed by atoms with van der Waals surface area (Å²) >= 11 is 0. The third kappa shape index (κ3) is 1.58. The number of hydrogen-bond donors (Lipinski definition) is 0. The fraction of sp³-hybridized carbons (Fsp3) is 0.412. The van der Waals surface area contributed by atoms with Crippen LogP contribution in [0.1, 0.15) is 29.9 Å². The summed E-state index contributed by atoms with van der Waals surface area (Å²) in [4.78, 5) is 0. The topological polar surface area (TPSA) is 0 Å². The van der Waals surface area contributed by atoms with E-state index < -0.39 is 0 Å². The van der Waals surface area contributed by atoms with Gasteiger partial charge in [0.05, 0.1) is 0 Å². The Kier molecular flexibility index (Phi) is 2.05. The highest BCUT2D eigenvalue weighted by molar-refractivity contribution is 5.33. The van der Waals surface area contributed by atoms with E-state index in [-0.39, 0.29) is 0 Å². The Morgan fingerprint density at radius 1 is 0.882 bits per heavy atom. The van der Waals surface area contributed by atoms with Gasteiger partial charge >= 0.3 is 0 Å². The Morgan fingerprint density at radius 2 is 1.76 bits per heavy atom. The van der Waals surface area contributed by atoms with Crippen LogP contribution in [0.4, 0.5) is 0 Å². The molecular weight excluding hydrogens is 204 g/mol. The molecule has 4 rings (SSSR count). The fourth-order valence-electron chi connectivity index (χ4n) is 3.82. The number of allylic oxidation sites excluding steroid dienone is 4. The number of benzene rings is 1. The molecule has 3 aliphatic carbocycles. The van der Waals surface area contributed by atoms with E-state index in [0.717, 1.165) is 17.8 Å². The van der Waals surface area contributed by atoms with E-state index in [1.807, 2.05) is 0 Å². The summed E-state index contributed by atoms with van der Waals surface area (Å²) in [6.45, 7) is 0. The Morgan fingerprint density at radius 3 is 2.76 bits per heavy atom. The largest absolute Gasteiger partial charge is 0.0848 e. The molecule has 3 aliphatic rings. The van der Waals surface area contributed by atoms with Gasteiger partial charge in [0, 0.05) is 5.92 Å². The molecule has 0 saturated heterocycles. The summed E-state index contributed by atoms with van der Waals surface area (Å²) in [5.41, 5.74) is 3.05. The maximum Gasteiger partial charge on any atom is 0.00239 e. The van der Waals surface area contributed by atoms with Crippen molar-refractivity contribution in [2.75, 3.05) is 0 Å². The molecule has 0 amide bonds. The zero-order chi connectivity index (χ0) is 11.2. The van der Waals surface area contributed by atoms with Crippen LogP contribution in [0.15, 0.2) is 48.6 Å². The Hall–Kier alpha value is -1.30. The highest BCUT2D eigenvalue weighted by atomic mass is 14.4. The van der Waals surface area contributed by atoms with Gasteiger partial charge in [-0.15, -0.1) is 0 Å². The summed E-state index contributed by atoms with van der Waals surface area (Å²) in [5.74, 6) is 3.06. The van der Waals surface area contributed by atoms with Gasteiger partial charge in [-0.1, -0.05) is 48.6 Å². The van der Waals surface area contributed by atoms with Crippen LogP contribution in [0.25, 0.3) is 0 Å². The van der Waals surface area contributed by atoms with Gasteiger partial charge in [0.1, 0.15) is 0 Å². The second kappa shape index (κ2) is 3.60. The lowest BCUT2D eigenvalue weighted by Crippen LogP contribution is -2.12. The molecule has 0 N–H and O–H groups in total. The van der Waals surface area contributed by atoms with Crippen molar-refractivity contribution in [3.05, 3.63) is 59.7 Å². The van der Waals surface area contributed by atoms with Crippen LogP contribution in [0, 0.1) is 17.8 Å². The molecule has 0 radical (unpaired) electrons. The van der Waals surface area contributed by atoms with Crippen LogP contribution < -0.4 is 0 Å². The smallest absolute Gasteiger partial charge is 0.00239 e. The van der Waals surface area contributed by atoms with Gasteiger partial charge < -0.3 is 0 Å². The minimum Gasteiger partial charge on any atom is -0.0848 e. The van der Waals surface area contributed by atoms with Crippen molar-refractivity contribution in [1.29, 1.82) is 0 Å². The fourth-order valence-corrected chi connectivity index (χ4v) is 3.82. The number of rotatable bonds is 0. The van der Waals surface area contributed by atoms with Crippen molar-refractivity contribution < 1.29 is 0 Å². The van der Waals surface area contributed by atoms with Crippen molar-refractivity contribution in [1.82, 2.24) is 0 Å². The average molecular weight is 222 g/mol. The molecule has 0 heteroatoms. The maximum absolute atomic E-state index is 2.48. The first-order valence-electron chi connectivity index (χ1n) is 6.84. The van der Waals surface area contributed by atoms with Crippen LogP contribution in [0.2, 0.25) is 0 Å². The van der Waals surface area contributed by atoms with E-state index in [1.165, 1.54) is 30.4 Å². The van der Waals surface area contributed by atoms with Gasteiger partial charge in [0.2, 0.25) is 0 Å². The summed E-state index contributed by atoms with van der Waals surface area (Å²) < 4.78 is 0. The number of hydrogen-bond acceptors (Lipinski definition) is 0. The van der Waals surface area contributed by atoms with Gasteiger partial charge in [-0.3, -0.25) is 0 Å². The molecule has 0 fully saturated rings. The zero-order valence-electron chi connectivity index (χ0n) is 10.0. The van der Waals surface area contributed by atoms with E-state index in [4.69, 9.17) is 0 Å². The lowest BCUT2D eigenvalue weighted by atomic mass is 9.83. The minimum absolute atomic E-state index is 0.672. The monoisotopic (exact) mass is 222 g/mol. The molecule has 1 aromatic rings. The van der Waals surface area contributed by atoms with Gasteiger partial charge in [-0.2, -0.15) is 0 Å². The van der Waals surface area contributed by atoms with Crippen molar-refractivity contribution in [2.45, 2.75) is 25.2 Å². The van der Waals surface area contributed by atoms with Crippen LogP contribution in [0.5, 0.6) is 0 Å². The predicted octanol–water partition coefficient (Wildman–Crippen LogP) is 4.09. The molecule has 0 heterocycles. The summed E-state index contributed by atoms with van der Waals surface area (Å²) in [5, 5.41) is 0. The predicted molar refractivity (Wildman–Crippen MR) is 70.9 cm³/mol. The van der Waals surface area contributed by atoms with Crippen LogP contribution in [0.3, 0.4) is 0 Å². The Balaban J connectivity index is 1.81. The molecule has 0 spiro atoms. The van der Waals surface area contributed by atoms with E-state index in [0.29, 0.717) is 5.92 Å². The Bertz CT molecular complexity index is 495. The Labute approximate surface area is 103 Å². The minimum atomic E-state index is 0.672. The van der Waals surface area contributed by atoms with Crippen molar-refractivity contribution >= 4 is 0 Å². The number of fused-ring (bicyclic) bond motifs is 8. The summed E-state index contributed by atoms with van der Waals surface area (Å²) in [6.07, 6.45) is 13.8. The van der Waals surface area contributed by atoms with E-state index in [9.17, 15) is 0 Å². The van der Waals surface area contributed by atoms with Crippen molar-refractivity contribution in [3.63, 3.8) is 0 Å². The van der Waals surface area contributed by atoms with E-state index in [1.54, 1.807) is 0 Å². The molecule has 0 aliphatic heterocycles. The molecule has 1 aromatic carbocycles. The van der Waals surface area contributed by atoms with Crippen LogP contribution in [-0.4, -0.2) is 0 Å². The molecule has 0 unspecified atom stereocenters. The molecular formula is C17H18. The van der Waals surface area contributed by atoms with Crippen molar-refractivity contribution in [3.8, 4) is 0 Å². The maximum atomic E-state index is 2.48. The van der Waals surface area contributed by atoms with E-state index >= 15 is 0 Å². The average Bonchev–Trinajstić information content (AvgIpc) is 2.96. The van der Waals surface area contributed by atoms with Crippen molar-refractivity contribution in [2.24, 2.45) is 17.8 Å². The molecule has 0 aromatic heterocycles. The molecule has 17 heavy (non-hydrogen) atoms. The first-order chi connectivity index (χ1) is 8.38. The summed E-state index contributed by atoms with van der Waals surface area (Å²) in [6, 6.07) is 9.27. The first kappa shape index (κ1) is 9.70. The molecule has 0 nitrogen and oxygen atoms in total.